The van der Waals surface area contributed by atoms with Gasteiger partial charge < -0.3 is 15.4 Å². The summed E-state index contributed by atoms with van der Waals surface area (Å²) in [4.78, 5) is 14.6. The molecule has 4 atom stereocenters. The van der Waals surface area contributed by atoms with Crippen molar-refractivity contribution in [3.63, 3.8) is 0 Å². The van der Waals surface area contributed by atoms with E-state index < -0.39 is 0 Å². The van der Waals surface area contributed by atoms with E-state index in [9.17, 15) is 4.79 Å². The van der Waals surface area contributed by atoms with Gasteiger partial charge in [0.15, 0.2) is 0 Å². The summed E-state index contributed by atoms with van der Waals surface area (Å²) in [7, 11) is 0. The van der Waals surface area contributed by atoms with Crippen molar-refractivity contribution in [3.05, 3.63) is 0 Å². The first-order valence-corrected chi connectivity index (χ1v) is 7.30. The van der Waals surface area contributed by atoms with Crippen LogP contribution in [0.25, 0.3) is 0 Å². The van der Waals surface area contributed by atoms with Crippen LogP contribution in [0.15, 0.2) is 0 Å². The topological polar surface area (TPSA) is 55.6 Å². The Labute approximate surface area is 122 Å². The Kier molecular flexibility index (Phi) is 6.57. The zero-order chi connectivity index (χ0) is 13.1. The average molecular weight is 291 g/mol. The van der Waals surface area contributed by atoms with Crippen molar-refractivity contribution in [2.45, 2.75) is 51.7 Å². The third-order valence-corrected chi connectivity index (χ3v) is 4.37. The molecule has 112 valence electrons. The normalized spacial score (nSPS) is 35.0. The number of nitrogens with zero attached hydrogens (tertiary/aromatic N) is 1. The van der Waals surface area contributed by atoms with Gasteiger partial charge in [-0.1, -0.05) is 13.3 Å². The Morgan fingerprint density at radius 3 is 2.74 bits per heavy atom. The van der Waals surface area contributed by atoms with Gasteiger partial charge >= 0.3 is 0 Å². The van der Waals surface area contributed by atoms with Crippen LogP contribution in [0.2, 0.25) is 0 Å². The molecule has 1 saturated heterocycles. The first-order chi connectivity index (χ1) is 8.65. The van der Waals surface area contributed by atoms with Crippen LogP contribution in [-0.4, -0.2) is 42.6 Å². The van der Waals surface area contributed by atoms with Crippen LogP contribution < -0.4 is 5.73 Å². The van der Waals surface area contributed by atoms with Gasteiger partial charge in [-0.25, -0.2) is 0 Å². The zero-order valence-electron chi connectivity index (χ0n) is 12.0. The lowest BCUT2D eigenvalue weighted by Crippen LogP contribution is -2.51. The first-order valence-electron chi connectivity index (χ1n) is 7.30. The predicted molar refractivity (Wildman–Crippen MR) is 78.3 cm³/mol. The Hall–Kier alpha value is -0.320. The summed E-state index contributed by atoms with van der Waals surface area (Å²) in [6.45, 7) is 6.31. The summed E-state index contributed by atoms with van der Waals surface area (Å²) in [6.07, 6.45) is 4.61. The number of ether oxygens (including phenoxy) is 1. The highest BCUT2D eigenvalue weighted by Gasteiger charge is 2.37. The molecule has 2 fully saturated rings. The van der Waals surface area contributed by atoms with E-state index in [2.05, 4.69) is 13.8 Å². The average Bonchev–Trinajstić information content (AvgIpc) is 2.85. The highest BCUT2D eigenvalue weighted by Crippen LogP contribution is 2.33. The SMILES string of the molecule is CCC1CN(C(=O)[C@@H]2CCC[C@@H]2CN)CC(C)O1.Cl. The van der Waals surface area contributed by atoms with Crippen molar-refractivity contribution in [1.29, 1.82) is 0 Å². The molecule has 1 aliphatic heterocycles. The lowest BCUT2D eigenvalue weighted by atomic mass is 9.94. The maximum absolute atomic E-state index is 12.6. The van der Waals surface area contributed by atoms with Gasteiger partial charge in [-0.05, 0) is 38.6 Å². The Morgan fingerprint density at radius 1 is 1.37 bits per heavy atom. The van der Waals surface area contributed by atoms with E-state index in [1.54, 1.807) is 0 Å². The number of rotatable bonds is 3. The molecule has 2 rings (SSSR count). The molecule has 2 aliphatic rings. The van der Waals surface area contributed by atoms with Crippen molar-refractivity contribution in [2.75, 3.05) is 19.6 Å². The molecule has 0 bridgehead atoms. The van der Waals surface area contributed by atoms with E-state index in [4.69, 9.17) is 10.5 Å². The molecule has 1 aliphatic carbocycles. The monoisotopic (exact) mass is 290 g/mol. The van der Waals surface area contributed by atoms with Gasteiger partial charge in [0.1, 0.15) is 0 Å². The van der Waals surface area contributed by atoms with Crippen molar-refractivity contribution in [1.82, 2.24) is 4.90 Å². The summed E-state index contributed by atoms with van der Waals surface area (Å²) >= 11 is 0. The third kappa shape index (κ3) is 3.83. The van der Waals surface area contributed by atoms with E-state index in [1.807, 2.05) is 4.90 Å². The molecule has 1 saturated carbocycles. The van der Waals surface area contributed by atoms with Crippen LogP contribution in [-0.2, 0) is 9.53 Å². The van der Waals surface area contributed by atoms with Gasteiger partial charge in [-0.15, -0.1) is 12.4 Å². The van der Waals surface area contributed by atoms with Gasteiger partial charge in [0.05, 0.1) is 12.2 Å². The molecule has 5 heteroatoms. The second-order valence-electron chi connectivity index (χ2n) is 5.75. The van der Waals surface area contributed by atoms with E-state index in [-0.39, 0.29) is 30.5 Å². The molecular weight excluding hydrogens is 264 g/mol. The van der Waals surface area contributed by atoms with Crippen molar-refractivity contribution in [3.8, 4) is 0 Å². The predicted octanol–water partition coefficient (Wildman–Crippen LogP) is 1.81. The van der Waals surface area contributed by atoms with Crippen molar-refractivity contribution >= 4 is 18.3 Å². The van der Waals surface area contributed by atoms with E-state index in [1.165, 1.54) is 0 Å². The van der Waals surface area contributed by atoms with Crippen LogP contribution in [0.5, 0.6) is 0 Å². The fourth-order valence-corrected chi connectivity index (χ4v) is 3.33. The second kappa shape index (κ2) is 7.46. The summed E-state index contributed by atoms with van der Waals surface area (Å²) in [5, 5.41) is 0. The minimum atomic E-state index is 0. The largest absolute Gasteiger partial charge is 0.372 e. The molecule has 0 aromatic heterocycles. The number of hydrogen-bond donors (Lipinski definition) is 1. The summed E-state index contributed by atoms with van der Waals surface area (Å²) in [6, 6.07) is 0. The lowest BCUT2D eigenvalue weighted by Gasteiger charge is -2.38. The van der Waals surface area contributed by atoms with Gasteiger partial charge in [0.2, 0.25) is 5.91 Å². The van der Waals surface area contributed by atoms with Crippen LogP contribution in [0.4, 0.5) is 0 Å². The molecule has 0 aromatic carbocycles. The number of hydrogen-bond acceptors (Lipinski definition) is 3. The van der Waals surface area contributed by atoms with E-state index in [0.717, 1.165) is 38.8 Å². The highest BCUT2D eigenvalue weighted by molar-refractivity contribution is 5.85. The Balaban J connectivity index is 0.00000180. The number of carbonyl (C=O) groups excluding carboxylic acids is 1. The van der Waals surface area contributed by atoms with Gasteiger partial charge in [-0.3, -0.25) is 4.79 Å². The number of nitrogens with two attached hydrogens (primary N) is 1. The molecule has 0 radical (unpaired) electrons. The molecule has 0 spiro atoms. The van der Waals surface area contributed by atoms with Crippen molar-refractivity contribution in [2.24, 2.45) is 17.6 Å². The van der Waals surface area contributed by atoms with Gasteiger partial charge in [0, 0.05) is 19.0 Å². The fourth-order valence-electron chi connectivity index (χ4n) is 3.33. The Morgan fingerprint density at radius 2 is 2.11 bits per heavy atom. The van der Waals surface area contributed by atoms with Gasteiger partial charge in [-0.2, -0.15) is 0 Å². The zero-order valence-corrected chi connectivity index (χ0v) is 12.8. The lowest BCUT2D eigenvalue weighted by molar-refractivity contribution is -0.149. The quantitative estimate of drug-likeness (QED) is 0.862. The minimum Gasteiger partial charge on any atom is -0.372 e. The number of carbonyl (C=O) groups is 1. The fraction of sp³-hybridized carbons (Fsp3) is 0.929. The maximum Gasteiger partial charge on any atom is 0.226 e. The number of morpholine rings is 1. The van der Waals surface area contributed by atoms with Gasteiger partial charge in [0.25, 0.3) is 0 Å². The molecule has 2 unspecified atom stereocenters. The smallest absolute Gasteiger partial charge is 0.226 e. The number of amides is 1. The molecule has 2 N–H and O–H groups in total. The molecule has 1 amide bonds. The standard InChI is InChI=1S/C14H26N2O2.ClH/c1-3-12-9-16(8-10(2)18-12)14(17)13-6-4-5-11(13)7-15;/h10-13H,3-9,15H2,1-2H3;1H/t10?,11-,12?,13-;/m1./s1. The van der Waals surface area contributed by atoms with Crippen LogP contribution in [0, 0.1) is 11.8 Å². The molecule has 1 heterocycles. The molecule has 19 heavy (non-hydrogen) atoms. The summed E-state index contributed by atoms with van der Waals surface area (Å²) in [5.74, 6) is 0.880. The summed E-state index contributed by atoms with van der Waals surface area (Å²) < 4.78 is 5.81. The maximum atomic E-state index is 12.6. The van der Waals surface area contributed by atoms with E-state index >= 15 is 0 Å². The minimum absolute atomic E-state index is 0. The Bertz CT molecular complexity index is 301. The molecule has 4 nitrogen and oxygen atoms in total. The third-order valence-electron chi connectivity index (χ3n) is 4.37. The first kappa shape index (κ1) is 16.7. The number of halogens is 1. The second-order valence-corrected chi connectivity index (χ2v) is 5.75. The molecule has 0 aromatic rings. The van der Waals surface area contributed by atoms with Crippen molar-refractivity contribution < 1.29 is 9.53 Å². The highest BCUT2D eigenvalue weighted by atomic mass is 35.5. The molecular formula is C14H27ClN2O2. The summed E-state index contributed by atoms with van der Waals surface area (Å²) in [5.41, 5.74) is 5.78. The van der Waals surface area contributed by atoms with Crippen LogP contribution in [0.1, 0.15) is 39.5 Å². The van der Waals surface area contributed by atoms with E-state index in [0.29, 0.717) is 18.4 Å². The van der Waals surface area contributed by atoms with Crippen LogP contribution in [0.3, 0.4) is 0 Å². The van der Waals surface area contributed by atoms with Crippen LogP contribution >= 0.6 is 12.4 Å².